The van der Waals surface area contributed by atoms with Gasteiger partial charge in [0.25, 0.3) is 0 Å². The molecule has 19 heavy (non-hydrogen) atoms. The first-order valence-corrected chi connectivity index (χ1v) is 6.68. The second-order valence-corrected chi connectivity index (χ2v) is 5.14. The van der Waals surface area contributed by atoms with Crippen LogP contribution in [-0.2, 0) is 12.8 Å². The zero-order valence-electron chi connectivity index (χ0n) is 11.1. The summed E-state index contributed by atoms with van der Waals surface area (Å²) in [4.78, 5) is 4.11. The van der Waals surface area contributed by atoms with Crippen LogP contribution in [0.5, 0.6) is 5.75 Å². The molecule has 0 fully saturated rings. The van der Waals surface area contributed by atoms with E-state index in [2.05, 4.69) is 30.1 Å². The number of hydrogen-bond acceptors (Lipinski definition) is 3. The van der Waals surface area contributed by atoms with Crippen molar-refractivity contribution in [3.8, 4) is 5.75 Å². The number of fused-ring (bicyclic) bond motifs is 1. The van der Waals surface area contributed by atoms with Gasteiger partial charge in [-0.2, -0.15) is 0 Å². The number of aryl methyl sites for hydroxylation is 2. The lowest BCUT2D eigenvalue weighted by molar-refractivity contribution is 0.222. The van der Waals surface area contributed by atoms with Gasteiger partial charge in [0, 0.05) is 12.6 Å². The van der Waals surface area contributed by atoms with Crippen molar-refractivity contribution in [3.05, 3.63) is 53.2 Å². The first-order chi connectivity index (χ1) is 9.22. The maximum atomic E-state index is 5.96. The predicted octanol–water partition coefficient (Wildman–Crippen LogP) is 2.91. The Morgan fingerprint density at radius 3 is 3.11 bits per heavy atom. The summed E-state index contributed by atoms with van der Waals surface area (Å²) in [7, 11) is 0. The van der Waals surface area contributed by atoms with Crippen molar-refractivity contribution in [1.29, 1.82) is 0 Å². The molecule has 3 heteroatoms. The van der Waals surface area contributed by atoms with E-state index in [1.165, 1.54) is 11.1 Å². The van der Waals surface area contributed by atoms with Gasteiger partial charge < -0.3 is 10.5 Å². The van der Waals surface area contributed by atoms with Crippen molar-refractivity contribution in [3.63, 3.8) is 0 Å². The van der Waals surface area contributed by atoms with Crippen LogP contribution in [0.3, 0.4) is 0 Å². The van der Waals surface area contributed by atoms with Crippen LogP contribution in [0.4, 0.5) is 5.82 Å². The SMILES string of the molecule is Cc1ccc2c(c1)CC(CCc1cccnc1N)O2. The summed E-state index contributed by atoms with van der Waals surface area (Å²) < 4.78 is 5.96. The third-order valence-corrected chi connectivity index (χ3v) is 3.62. The molecule has 0 spiro atoms. The Morgan fingerprint density at radius 2 is 2.26 bits per heavy atom. The molecule has 0 radical (unpaired) electrons. The lowest BCUT2D eigenvalue weighted by Gasteiger charge is -2.11. The van der Waals surface area contributed by atoms with E-state index in [-0.39, 0.29) is 6.10 Å². The Kier molecular flexibility index (Phi) is 3.11. The van der Waals surface area contributed by atoms with Crippen molar-refractivity contribution in [2.24, 2.45) is 0 Å². The van der Waals surface area contributed by atoms with Gasteiger partial charge in [0.05, 0.1) is 0 Å². The maximum absolute atomic E-state index is 5.96. The van der Waals surface area contributed by atoms with Crippen molar-refractivity contribution >= 4 is 5.82 Å². The standard InChI is InChI=1S/C16H18N2O/c1-11-4-7-15-13(9-11)10-14(19-15)6-5-12-3-2-8-18-16(12)17/h2-4,7-9,14H,5-6,10H2,1H3,(H2,17,18). The molecule has 0 bridgehead atoms. The van der Waals surface area contributed by atoms with Crippen molar-refractivity contribution in [2.45, 2.75) is 32.3 Å². The van der Waals surface area contributed by atoms with E-state index in [9.17, 15) is 0 Å². The Balaban J connectivity index is 1.63. The fraction of sp³-hybridized carbons (Fsp3) is 0.312. The predicted molar refractivity (Wildman–Crippen MR) is 76.3 cm³/mol. The molecular formula is C16H18N2O. The number of benzene rings is 1. The van der Waals surface area contributed by atoms with E-state index in [1.54, 1.807) is 6.20 Å². The van der Waals surface area contributed by atoms with E-state index < -0.39 is 0 Å². The number of rotatable bonds is 3. The molecular weight excluding hydrogens is 236 g/mol. The van der Waals surface area contributed by atoms with Crippen LogP contribution < -0.4 is 10.5 Å². The van der Waals surface area contributed by atoms with E-state index in [1.807, 2.05) is 12.1 Å². The van der Waals surface area contributed by atoms with Crippen LogP contribution in [0.25, 0.3) is 0 Å². The summed E-state index contributed by atoms with van der Waals surface area (Å²) in [6, 6.07) is 10.4. The van der Waals surface area contributed by atoms with E-state index in [4.69, 9.17) is 10.5 Å². The van der Waals surface area contributed by atoms with Gasteiger partial charge in [-0.25, -0.2) is 4.98 Å². The molecule has 0 saturated carbocycles. The van der Waals surface area contributed by atoms with Gasteiger partial charge in [0.2, 0.25) is 0 Å². The van der Waals surface area contributed by atoms with Gasteiger partial charge in [0.1, 0.15) is 17.7 Å². The average molecular weight is 254 g/mol. The second-order valence-electron chi connectivity index (χ2n) is 5.14. The molecule has 1 aromatic carbocycles. The zero-order chi connectivity index (χ0) is 13.2. The lowest BCUT2D eigenvalue weighted by atomic mass is 10.0. The Hall–Kier alpha value is -2.03. The number of anilines is 1. The molecule has 1 atom stereocenters. The summed E-state index contributed by atoms with van der Waals surface area (Å²) in [6.45, 7) is 2.12. The molecule has 1 aliphatic heterocycles. The number of hydrogen-bond donors (Lipinski definition) is 1. The number of nitrogens with zero attached hydrogens (tertiary/aromatic N) is 1. The number of nitrogens with two attached hydrogens (primary N) is 1. The van der Waals surface area contributed by atoms with Crippen LogP contribution in [-0.4, -0.2) is 11.1 Å². The minimum Gasteiger partial charge on any atom is -0.490 e. The highest BCUT2D eigenvalue weighted by molar-refractivity contribution is 5.41. The van der Waals surface area contributed by atoms with Crippen LogP contribution in [0, 0.1) is 6.92 Å². The molecule has 3 rings (SSSR count). The quantitative estimate of drug-likeness (QED) is 0.916. The molecule has 3 nitrogen and oxygen atoms in total. The Labute approximate surface area is 113 Å². The number of pyridine rings is 1. The van der Waals surface area contributed by atoms with Gasteiger partial charge in [0.15, 0.2) is 0 Å². The summed E-state index contributed by atoms with van der Waals surface area (Å²) >= 11 is 0. The molecule has 1 aliphatic rings. The molecule has 2 heterocycles. The highest BCUT2D eigenvalue weighted by Crippen LogP contribution is 2.31. The third-order valence-electron chi connectivity index (χ3n) is 3.62. The monoisotopic (exact) mass is 254 g/mol. The second kappa shape index (κ2) is 4.92. The highest BCUT2D eigenvalue weighted by atomic mass is 16.5. The average Bonchev–Trinajstić information content (AvgIpc) is 2.79. The minimum atomic E-state index is 0.261. The number of aromatic nitrogens is 1. The molecule has 0 amide bonds. The van der Waals surface area contributed by atoms with Crippen molar-refractivity contribution in [1.82, 2.24) is 4.98 Å². The number of ether oxygens (including phenoxy) is 1. The van der Waals surface area contributed by atoms with Gasteiger partial charge in [-0.05, 0) is 43.0 Å². The molecule has 98 valence electrons. The summed E-state index contributed by atoms with van der Waals surface area (Å²) in [5.74, 6) is 1.67. The molecule has 0 saturated heterocycles. The fourth-order valence-corrected chi connectivity index (χ4v) is 2.59. The highest BCUT2D eigenvalue weighted by Gasteiger charge is 2.22. The smallest absolute Gasteiger partial charge is 0.126 e. The molecule has 1 aromatic heterocycles. The molecule has 2 aromatic rings. The first kappa shape index (κ1) is 12.0. The van der Waals surface area contributed by atoms with Gasteiger partial charge in [-0.1, -0.05) is 23.8 Å². The molecule has 2 N–H and O–H groups in total. The van der Waals surface area contributed by atoms with Crippen molar-refractivity contribution in [2.75, 3.05) is 5.73 Å². The largest absolute Gasteiger partial charge is 0.490 e. The summed E-state index contributed by atoms with van der Waals surface area (Å²) in [5, 5.41) is 0. The number of nitrogen functional groups attached to an aromatic ring is 1. The minimum absolute atomic E-state index is 0.261. The Morgan fingerprint density at radius 1 is 1.37 bits per heavy atom. The molecule has 0 aliphatic carbocycles. The zero-order valence-corrected chi connectivity index (χ0v) is 11.1. The normalized spacial score (nSPS) is 17.0. The maximum Gasteiger partial charge on any atom is 0.126 e. The van der Waals surface area contributed by atoms with E-state index in [0.717, 1.165) is 30.6 Å². The van der Waals surface area contributed by atoms with E-state index >= 15 is 0 Å². The van der Waals surface area contributed by atoms with Gasteiger partial charge in [-0.3, -0.25) is 0 Å². The first-order valence-electron chi connectivity index (χ1n) is 6.68. The van der Waals surface area contributed by atoms with Crippen LogP contribution in [0.15, 0.2) is 36.5 Å². The van der Waals surface area contributed by atoms with Crippen LogP contribution in [0.2, 0.25) is 0 Å². The van der Waals surface area contributed by atoms with E-state index in [0.29, 0.717) is 5.82 Å². The third kappa shape index (κ3) is 2.55. The topological polar surface area (TPSA) is 48.1 Å². The van der Waals surface area contributed by atoms with Gasteiger partial charge >= 0.3 is 0 Å². The fourth-order valence-electron chi connectivity index (χ4n) is 2.59. The van der Waals surface area contributed by atoms with Gasteiger partial charge in [-0.15, -0.1) is 0 Å². The van der Waals surface area contributed by atoms with Crippen molar-refractivity contribution < 1.29 is 4.74 Å². The van der Waals surface area contributed by atoms with Crippen LogP contribution >= 0.6 is 0 Å². The van der Waals surface area contributed by atoms with Crippen LogP contribution in [0.1, 0.15) is 23.1 Å². The Bertz CT molecular complexity index is 595. The lowest BCUT2D eigenvalue weighted by Crippen LogP contribution is -2.14. The molecule has 1 unspecified atom stereocenters. The summed E-state index contributed by atoms with van der Waals surface area (Å²) in [5.41, 5.74) is 9.58. The summed E-state index contributed by atoms with van der Waals surface area (Å²) in [6.07, 6.45) is 4.87.